The van der Waals surface area contributed by atoms with Crippen LogP contribution in [0, 0.1) is 6.92 Å². The van der Waals surface area contributed by atoms with Gasteiger partial charge >= 0.3 is 0 Å². The van der Waals surface area contributed by atoms with Crippen LogP contribution in [-0.2, 0) is 0 Å². The highest BCUT2D eigenvalue weighted by Crippen LogP contribution is 2.35. The van der Waals surface area contributed by atoms with E-state index in [2.05, 4.69) is 20.3 Å². The molecule has 0 unspecified atom stereocenters. The van der Waals surface area contributed by atoms with Gasteiger partial charge in [-0.2, -0.15) is 4.98 Å². The first-order valence-electron chi connectivity index (χ1n) is 11.2. The number of nitrogens with zero attached hydrogens (tertiary/aromatic N) is 4. The monoisotopic (exact) mass is 475 g/mol. The first-order chi connectivity index (χ1) is 16.5. The molecule has 4 aromatic rings. The highest BCUT2D eigenvalue weighted by atomic mass is 32.1. The zero-order chi connectivity index (χ0) is 23.7. The van der Waals surface area contributed by atoms with Gasteiger partial charge in [0, 0.05) is 28.9 Å². The average molecular weight is 476 g/mol. The Balaban J connectivity index is 1.42. The first kappa shape index (κ1) is 22.4. The molecule has 1 aliphatic rings. The summed E-state index contributed by atoms with van der Waals surface area (Å²) in [5.74, 6) is 0.662. The summed E-state index contributed by atoms with van der Waals surface area (Å²) in [6.45, 7) is 1.89. The average Bonchev–Trinajstić information content (AvgIpc) is 3.25. The van der Waals surface area contributed by atoms with Crippen LogP contribution >= 0.6 is 11.3 Å². The number of hydrogen-bond donors (Lipinski definition) is 2. The summed E-state index contributed by atoms with van der Waals surface area (Å²) < 4.78 is 5.51. The van der Waals surface area contributed by atoms with Crippen molar-refractivity contribution in [3.63, 3.8) is 0 Å². The molecule has 0 spiro atoms. The Kier molecular flexibility index (Phi) is 6.21. The van der Waals surface area contributed by atoms with E-state index in [1.54, 1.807) is 19.5 Å². The number of thiazole rings is 1. The largest absolute Gasteiger partial charge is 0.496 e. The summed E-state index contributed by atoms with van der Waals surface area (Å²) in [5.41, 5.74) is 4.21. The molecule has 3 aromatic heterocycles. The second kappa shape index (κ2) is 9.44. The molecular weight excluding hydrogens is 450 g/mol. The molecule has 0 saturated heterocycles. The second-order valence-corrected chi connectivity index (χ2v) is 9.45. The van der Waals surface area contributed by atoms with E-state index in [1.165, 1.54) is 11.3 Å². The van der Waals surface area contributed by atoms with Crippen LogP contribution in [0.15, 0.2) is 42.7 Å². The zero-order valence-electron chi connectivity index (χ0n) is 19.0. The fourth-order valence-electron chi connectivity index (χ4n) is 4.35. The number of methoxy groups -OCH3 is 1. The number of aliphatic hydroxyl groups is 1. The number of para-hydroxylation sites is 1. The Hall–Kier alpha value is -3.43. The van der Waals surface area contributed by atoms with E-state index in [1.807, 2.05) is 37.3 Å². The van der Waals surface area contributed by atoms with Crippen molar-refractivity contribution in [1.29, 1.82) is 0 Å². The molecule has 3 heterocycles. The SMILES string of the molecule is COc1ccccc1-c1cc(C)ncc1C(=O)Nc1nc2ncc(C3CCC(O)CC3)nc2s1. The molecule has 1 aliphatic carbocycles. The van der Waals surface area contributed by atoms with Crippen LogP contribution in [-0.4, -0.2) is 44.2 Å². The van der Waals surface area contributed by atoms with Crippen LogP contribution in [0.5, 0.6) is 5.75 Å². The van der Waals surface area contributed by atoms with Gasteiger partial charge in [0.1, 0.15) is 5.75 Å². The fourth-order valence-corrected chi connectivity index (χ4v) is 5.15. The van der Waals surface area contributed by atoms with E-state index in [9.17, 15) is 9.90 Å². The second-order valence-electron chi connectivity index (χ2n) is 8.47. The molecule has 9 heteroatoms. The third-order valence-corrected chi connectivity index (χ3v) is 7.01. The molecule has 34 heavy (non-hydrogen) atoms. The van der Waals surface area contributed by atoms with Crippen LogP contribution in [0.25, 0.3) is 21.6 Å². The third-order valence-electron chi connectivity index (χ3n) is 6.16. The minimum Gasteiger partial charge on any atom is -0.496 e. The number of pyridine rings is 1. The maximum atomic E-state index is 13.3. The smallest absolute Gasteiger partial charge is 0.259 e. The van der Waals surface area contributed by atoms with Gasteiger partial charge in [0.2, 0.25) is 0 Å². The molecule has 2 N–H and O–H groups in total. The Bertz CT molecular complexity index is 1350. The van der Waals surface area contributed by atoms with Gasteiger partial charge in [0.05, 0.1) is 30.7 Å². The van der Waals surface area contributed by atoms with Gasteiger partial charge in [0.15, 0.2) is 15.6 Å². The van der Waals surface area contributed by atoms with Gasteiger partial charge in [-0.05, 0) is 44.7 Å². The van der Waals surface area contributed by atoms with E-state index in [0.717, 1.165) is 48.2 Å². The minimum absolute atomic E-state index is 0.213. The number of anilines is 1. The number of nitrogens with one attached hydrogen (secondary N) is 1. The molecule has 0 radical (unpaired) electrons. The predicted octanol–water partition coefficient (Wildman–Crippen LogP) is 4.74. The van der Waals surface area contributed by atoms with Crippen LogP contribution in [0.3, 0.4) is 0 Å². The molecule has 1 saturated carbocycles. The summed E-state index contributed by atoms with van der Waals surface area (Å²) in [5, 5.41) is 13.1. The van der Waals surface area contributed by atoms with E-state index >= 15 is 0 Å². The maximum Gasteiger partial charge on any atom is 0.259 e. The van der Waals surface area contributed by atoms with Gasteiger partial charge in [-0.1, -0.05) is 29.5 Å². The minimum atomic E-state index is -0.311. The standard InChI is InChI=1S/C25H25N5O3S/c1-14-11-18(17-5-3-4-6-21(17)33-2)19(12-26-14)23(32)30-25-29-22-24(34-25)28-20(13-27-22)15-7-9-16(31)10-8-15/h3-6,11-13,15-16,31H,7-10H2,1-2H3,(H,27,29,30,32). The van der Waals surface area contributed by atoms with E-state index in [4.69, 9.17) is 9.72 Å². The molecule has 174 valence electrons. The van der Waals surface area contributed by atoms with Crippen LogP contribution in [0.2, 0.25) is 0 Å². The number of rotatable bonds is 5. The molecule has 1 fully saturated rings. The molecule has 0 aliphatic heterocycles. The number of carbonyl (C=O) groups is 1. The quantitative estimate of drug-likeness (QED) is 0.429. The summed E-state index contributed by atoms with van der Waals surface area (Å²) in [6, 6.07) is 9.46. The van der Waals surface area contributed by atoms with Crippen molar-refractivity contribution in [3.8, 4) is 16.9 Å². The number of amides is 1. The molecule has 0 atom stereocenters. The number of ether oxygens (including phenoxy) is 1. The van der Waals surface area contributed by atoms with Crippen molar-refractivity contribution in [2.24, 2.45) is 0 Å². The summed E-state index contributed by atoms with van der Waals surface area (Å²) in [4.78, 5) is 32.0. The van der Waals surface area contributed by atoms with Crippen molar-refractivity contribution in [3.05, 3.63) is 59.7 Å². The van der Waals surface area contributed by atoms with Crippen LogP contribution in [0.4, 0.5) is 5.13 Å². The van der Waals surface area contributed by atoms with E-state index < -0.39 is 0 Å². The van der Waals surface area contributed by atoms with Crippen LogP contribution < -0.4 is 10.1 Å². The van der Waals surface area contributed by atoms with Gasteiger partial charge in [0.25, 0.3) is 5.91 Å². The number of aliphatic hydroxyl groups excluding tert-OH is 1. The van der Waals surface area contributed by atoms with Gasteiger partial charge in [-0.25, -0.2) is 9.97 Å². The van der Waals surface area contributed by atoms with E-state index in [-0.39, 0.29) is 12.0 Å². The Labute approximate surface area is 201 Å². The lowest BCUT2D eigenvalue weighted by Crippen LogP contribution is -2.17. The lowest BCUT2D eigenvalue weighted by atomic mass is 9.85. The van der Waals surface area contributed by atoms with Crippen molar-refractivity contribution < 1.29 is 14.6 Å². The van der Waals surface area contributed by atoms with Crippen molar-refractivity contribution in [1.82, 2.24) is 19.9 Å². The predicted molar refractivity (Wildman–Crippen MR) is 131 cm³/mol. The first-order valence-corrected chi connectivity index (χ1v) is 12.1. The summed E-state index contributed by atoms with van der Waals surface area (Å²) in [6.07, 6.45) is 6.49. The lowest BCUT2D eigenvalue weighted by molar-refractivity contribution is 0.102. The maximum absolute atomic E-state index is 13.3. The molecule has 0 bridgehead atoms. The van der Waals surface area contributed by atoms with Gasteiger partial charge in [-0.15, -0.1) is 0 Å². The number of aryl methyl sites for hydroxylation is 1. The summed E-state index contributed by atoms with van der Waals surface area (Å²) >= 11 is 1.30. The molecule has 1 aromatic carbocycles. The topological polar surface area (TPSA) is 110 Å². The van der Waals surface area contributed by atoms with Crippen molar-refractivity contribution in [2.75, 3.05) is 12.4 Å². The fraction of sp³-hybridized carbons (Fsp3) is 0.320. The summed E-state index contributed by atoms with van der Waals surface area (Å²) in [7, 11) is 1.61. The number of carbonyl (C=O) groups excluding carboxylic acids is 1. The third kappa shape index (κ3) is 4.49. The number of aromatic nitrogens is 4. The Morgan fingerprint density at radius 2 is 1.88 bits per heavy atom. The normalized spacial score (nSPS) is 18.1. The highest BCUT2D eigenvalue weighted by Gasteiger charge is 2.23. The van der Waals surface area contributed by atoms with E-state index in [0.29, 0.717) is 32.8 Å². The Morgan fingerprint density at radius 1 is 1.09 bits per heavy atom. The van der Waals surface area contributed by atoms with Crippen molar-refractivity contribution >= 4 is 32.9 Å². The van der Waals surface area contributed by atoms with Gasteiger partial charge < -0.3 is 9.84 Å². The molecule has 8 nitrogen and oxygen atoms in total. The van der Waals surface area contributed by atoms with Crippen LogP contribution in [0.1, 0.15) is 53.3 Å². The van der Waals surface area contributed by atoms with Gasteiger partial charge in [-0.3, -0.25) is 15.1 Å². The number of fused-ring (bicyclic) bond motifs is 1. The molecule has 1 amide bonds. The molecular formula is C25H25N5O3S. The number of benzene rings is 1. The lowest BCUT2D eigenvalue weighted by Gasteiger charge is -2.24. The van der Waals surface area contributed by atoms with Crippen molar-refractivity contribution in [2.45, 2.75) is 44.6 Å². The Morgan fingerprint density at radius 3 is 2.68 bits per heavy atom. The highest BCUT2D eigenvalue weighted by molar-refractivity contribution is 7.21. The number of hydrogen-bond acceptors (Lipinski definition) is 8. The zero-order valence-corrected chi connectivity index (χ0v) is 19.8. The molecule has 5 rings (SSSR count).